The van der Waals surface area contributed by atoms with Gasteiger partial charge in [0.05, 0.1) is 5.02 Å². The molecule has 0 radical (unpaired) electrons. The number of carbonyl (C=O) groups is 1. The maximum absolute atomic E-state index is 13.3. The Hall–Kier alpha value is -2.41. The van der Waals surface area contributed by atoms with Crippen LogP contribution in [0.15, 0.2) is 30.6 Å². The van der Waals surface area contributed by atoms with Crippen molar-refractivity contribution in [3.05, 3.63) is 41.4 Å². The van der Waals surface area contributed by atoms with Crippen molar-refractivity contribution in [1.82, 2.24) is 14.9 Å². The molecule has 0 atom stereocenters. The third-order valence-electron chi connectivity index (χ3n) is 5.58. The fourth-order valence-electron chi connectivity index (χ4n) is 4.02. The summed E-state index contributed by atoms with van der Waals surface area (Å²) < 4.78 is 19.0. The molecule has 1 aliphatic heterocycles. The molecule has 0 bridgehead atoms. The minimum absolute atomic E-state index is 0.00341. The van der Waals surface area contributed by atoms with Crippen LogP contribution >= 0.6 is 11.6 Å². The molecule has 2 aromatic rings. The molecule has 1 aromatic heterocycles. The smallest absolute Gasteiger partial charge is 0.225 e. The zero-order valence-corrected chi connectivity index (χ0v) is 16.9. The monoisotopic (exact) mass is 418 g/mol. The van der Waals surface area contributed by atoms with Gasteiger partial charge in [-0.05, 0) is 31.4 Å². The average molecular weight is 419 g/mol. The highest BCUT2D eigenvalue weighted by molar-refractivity contribution is 6.30. The molecule has 29 heavy (non-hydrogen) atoms. The Labute approximate surface area is 174 Å². The summed E-state index contributed by atoms with van der Waals surface area (Å²) in [6, 6.07) is 5.93. The summed E-state index contributed by atoms with van der Waals surface area (Å²) in [7, 11) is 0. The van der Waals surface area contributed by atoms with Crippen LogP contribution in [0.25, 0.3) is 0 Å². The van der Waals surface area contributed by atoms with Gasteiger partial charge in [0.25, 0.3) is 0 Å². The quantitative estimate of drug-likeness (QED) is 0.741. The summed E-state index contributed by atoms with van der Waals surface area (Å²) in [5.41, 5.74) is 0. The molecule has 1 aliphatic carbocycles. The summed E-state index contributed by atoms with van der Waals surface area (Å²) in [6.07, 6.45) is 6.73. The van der Waals surface area contributed by atoms with Crippen LogP contribution in [0.2, 0.25) is 5.02 Å². The fraction of sp³-hybridized carbons (Fsp3) is 0.476. The Kier molecular flexibility index (Phi) is 6.13. The first-order valence-corrected chi connectivity index (χ1v) is 10.5. The summed E-state index contributed by atoms with van der Waals surface area (Å²) >= 11 is 5.81. The molecule has 0 N–H and O–H groups in total. The van der Waals surface area contributed by atoms with Crippen LogP contribution in [0.5, 0.6) is 11.6 Å². The molecule has 0 unspecified atom stereocenters. The van der Waals surface area contributed by atoms with E-state index in [4.69, 9.17) is 16.3 Å². The van der Waals surface area contributed by atoms with Gasteiger partial charge >= 0.3 is 0 Å². The van der Waals surface area contributed by atoms with Gasteiger partial charge in [-0.25, -0.2) is 14.4 Å². The molecule has 4 rings (SSSR count). The van der Waals surface area contributed by atoms with Crippen LogP contribution in [-0.2, 0) is 4.79 Å². The lowest BCUT2D eigenvalue weighted by Gasteiger charge is -2.25. The van der Waals surface area contributed by atoms with E-state index in [9.17, 15) is 9.18 Å². The second-order valence-electron chi connectivity index (χ2n) is 7.54. The number of hydrogen-bond donors (Lipinski definition) is 0. The van der Waals surface area contributed by atoms with Gasteiger partial charge in [-0.1, -0.05) is 24.4 Å². The zero-order valence-electron chi connectivity index (χ0n) is 16.2. The number of aromatic nitrogens is 2. The van der Waals surface area contributed by atoms with Crippen LogP contribution in [-0.4, -0.2) is 47.0 Å². The molecule has 0 spiro atoms. The van der Waals surface area contributed by atoms with Crippen molar-refractivity contribution < 1.29 is 13.9 Å². The molecule has 6 nitrogen and oxygen atoms in total. The highest BCUT2D eigenvalue weighted by Crippen LogP contribution is 2.28. The topological polar surface area (TPSA) is 58.6 Å². The summed E-state index contributed by atoms with van der Waals surface area (Å²) in [6.45, 7) is 3.02. The van der Waals surface area contributed by atoms with Gasteiger partial charge in [0.1, 0.15) is 23.7 Å². The van der Waals surface area contributed by atoms with Crippen molar-refractivity contribution in [2.45, 2.75) is 32.1 Å². The minimum Gasteiger partial charge on any atom is -0.439 e. The summed E-state index contributed by atoms with van der Waals surface area (Å²) in [5, 5.41) is -0.00341. The molecule has 2 aliphatic rings. The Morgan fingerprint density at radius 1 is 1.07 bits per heavy atom. The number of halogens is 2. The molecule has 1 saturated heterocycles. The third kappa shape index (κ3) is 4.78. The first-order chi connectivity index (χ1) is 14.1. The fourth-order valence-corrected chi connectivity index (χ4v) is 4.19. The van der Waals surface area contributed by atoms with Crippen molar-refractivity contribution in [3.63, 3.8) is 0 Å². The SMILES string of the molecule is O=C(C1CCCC1)N1CCCN(c2cc(Oc3ccc(F)c(Cl)c3)ncn2)CC1. The largest absolute Gasteiger partial charge is 0.439 e. The van der Waals surface area contributed by atoms with Crippen molar-refractivity contribution in [2.75, 3.05) is 31.1 Å². The Bertz CT molecular complexity index is 876. The number of carbonyl (C=O) groups excluding carboxylic acids is 1. The molecular formula is C21H24ClFN4O2. The number of ether oxygens (including phenoxy) is 1. The first-order valence-electron chi connectivity index (χ1n) is 10.1. The Balaban J connectivity index is 1.41. The zero-order chi connectivity index (χ0) is 20.2. The van der Waals surface area contributed by atoms with Crippen LogP contribution in [0.4, 0.5) is 10.2 Å². The standard InChI is InChI=1S/C21H24ClFN4O2/c22-17-12-16(6-7-18(17)23)29-20-13-19(24-14-25-20)26-8-3-9-27(11-10-26)21(28)15-4-1-2-5-15/h6-7,12-15H,1-5,8-11H2. The predicted molar refractivity (Wildman–Crippen MR) is 109 cm³/mol. The van der Waals surface area contributed by atoms with Crippen LogP contribution < -0.4 is 9.64 Å². The van der Waals surface area contributed by atoms with Gasteiger partial charge in [0.15, 0.2) is 0 Å². The van der Waals surface area contributed by atoms with E-state index in [1.54, 1.807) is 6.07 Å². The van der Waals surface area contributed by atoms with Crippen LogP contribution in [0.1, 0.15) is 32.1 Å². The van der Waals surface area contributed by atoms with E-state index in [-0.39, 0.29) is 10.9 Å². The van der Waals surface area contributed by atoms with Crippen molar-refractivity contribution in [2.24, 2.45) is 5.92 Å². The summed E-state index contributed by atoms with van der Waals surface area (Å²) in [5.74, 6) is 1.54. The third-order valence-corrected chi connectivity index (χ3v) is 5.87. The number of rotatable bonds is 4. The number of amides is 1. The molecule has 1 amide bonds. The molecule has 2 fully saturated rings. The number of anilines is 1. The normalized spacial score (nSPS) is 18.0. The summed E-state index contributed by atoms with van der Waals surface area (Å²) in [4.78, 5) is 25.4. The van der Waals surface area contributed by atoms with E-state index in [1.165, 1.54) is 37.4 Å². The lowest BCUT2D eigenvalue weighted by molar-refractivity contribution is -0.135. The van der Waals surface area contributed by atoms with Gasteiger partial charge in [0.2, 0.25) is 11.8 Å². The Morgan fingerprint density at radius 2 is 1.90 bits per heavy atom. The second-order valence-corrected chi connectivity index (χ2v) is 7.95. The van der Waals surface area contributed by atoms with E-state index in [0.29, 0.717) is 24.1 Å². The lowest BCUT2D eigenvalue weighted by Crippen LogP contribution is -2.38. The first kappa shape index (κ1) is 19.9. The van der Waals surface area contributed by atoms with E-state index in [0.717, 1.165) is 44.7 Å². The van der Waals surface area contributed by atoms with E-state index in [1.807, 2.05) is 4.90 Å². The number of hydrogen-bond acceptors (Lipinski definition) is 5. The highest BCUT2D eigenvalue weighted by atomic mass is 35.5. The van der Waals surface area contributed by atoms with E-state index in [2.05, 4.69) is 14.9 Å². The van der Waals surface area contributed by atoms with Gasteiger partial charge in [0, 0.05) is 44.2 Å². The van der Waals surface area contributed by atoms with E-state index < -0.39 is 5.82 Å². The van der Waals surface area contributed by atoms with Crippen LogP contribution in [0, 0.1) is 11.7 Å². The molecule has 1 aromatic carbocycles. The molecule has 2 heterocycles. The second kappa shape index (κ2) is 8.95. The van der Waals surface area contributed by atoms with Crippen molar-refractivity contribution in [3.8, 4) is 11.6 Å². The Morgan fingerprint density at radius 3 is 2.69 bits per heavy atom. The maximum atomic E-state index is 13.3. The van der Waals surface area contributed by atoms with Crippen LogP contribution in [0.3, 0.4) is 0 Å². The molecule has 1 saturated carbocycles. The number of nitrogens with zero attached hydrogens (tertiary/aromatic N) is 4. The average Bonchev–Trinajstić information content (AvgIpc) is 3.15. The van der Waals surface area contributed by atoms with Gasteiger partial charge in [-0.2, -0.15) is 0 Å². The molecular weight excluding hydrogens is 395 g/mol. The van der Waals surface area contributed by atoms with E-state index >= 15 is 0 Å². The van der Waals surface area contributed by atoms with Crippen molar-refractivity contribution in [1.29, 1.82) is 0 Å². The molecule has 8 heteroatoms. The van der Waals surface area contributed by atoms with Gasteiger partial charge in [-0.15, -0.1) is 0 Å². The number of benzene rings is 1. The minimum atomic E-state index is -0.497. The lowest BCUT2D eigenvalue weighted by atomic mass is 10.1. The van der Waals surface area contributed by atoms with Gasteiger partial charge in [-0.3, -0.25) is 4.79 Å². The van der Waals surface area contributed by atoms with Gasteiger partial charge < -0.3 is 14.5 Å². The maximum Gasteiger partial charge on any atom is 0.225 e. The molecule has 154 valence electrons. The van der Waals surface area contributed by atoms with Crippen molar-refractivity contribution >= 4 is 23.3 Å². The highest BCUT2D eigenvalue weighted by Gasteiger charge is 2.28. The predicted octanol–water partition coefficient (Wildman–Crippen LogP) is 4.29.